The van der Waals surface area contributed by atoms with Crippen LogP contribution >= 0.6 is 15.9 Å². The largest absolute Gasteiger partial charge is 0.492 e. The summed E-state index contributed by atoms with van der Waals surface area (Å²) in [4.78, 5) is 21.9. The molecule has 0 saturated carbocycles. The predicted molar refractivity (Wildman–Crippen MR) is 55.3 cm³/mol. The minimum atomic E-state index is -1.47. The Bertz CT molecular complexity index is 453. The molecule has 1 N–H and O–H groups in total. The van der Waals surface area contributed by atoms with Gasteiger partial charge in [-0.15, -0.1) is 0 Å². The lowest BCUT2D eigenvalue weighted by molar-refractivity contribution is -0.131. The van der Waals surface area contributed by atoms with Crippen LogP contribution in [-0.2, 0) is 11.2 Å². The van der Waals surface area contributed by atoms with E-state index < -0.39 is 11.8 Å². The van der Waals surface area contributed by atoms with Crippen LogP contribution in [0.3, 0.4) is 0 Å². The summed E-state index contributed by atoms with van der Waals surface area (Å²) in [6.45, 7) is 0.492. The zero-order chi connectivity index (χ0) is 11.0. The molecule has 4 nitrogen and oxygen atoms in total. The van der Waals surface area contributed by atoms with Crippen molar-refractivity contribution in [1.82, 2.24) is 0 Å². The van der Waals surface area contributed by atoms with Crippen molar-refractivity contribution in [1.29, 1.82) is 0 Å². The van der Waals surface area contributed by atoms with Crippen LogP contribution in [0, 0.1) is 0 Å². The van der Waals surface area contributed by atoms with Crippen molar-refractivity contribution in [2.24, 2.45) is 0 Å². The highest BCUT2D eigenvalue weighted by atomic mass is 79.9. The molecule has 0 aliphatic carbocycles. The van der Waals surface area contributed by atoms with Gasteiger partial charge in [0.05, 0.1) is 12.2 Å². The van der Waals surface area contributed by atoms with Gasteiger partial charge in [0, 0.05) is 10.9 Å². The highest BCUT2D eigenvalue weighted by Crippen LogP contribution is 2.33. The maximum atomic E-state index is 11.4. The number of carboxylic acids is 1. The predicted octanol–water partition coefficient (Wildman–Crippen LogP) is 1.65. The molecule has 2 rings (SSSR count). The maximum Gasteiger partial charge on any atom is 0.377 e. The lowest BCUT2D eigenvalue weighted by atomic mass is 10.1. The van der Waals surface area contributed by atoms with E-state index in [1.54, 1.807) is 0 Å². The molecular weight excluding hydrogens is 264 g/mol. The van der Waals surface area contributed by atoms with E-state index in [0.29, 0.717) is 23.2 Å². The number of aliphatic carboxylic acids is 1. The number of hydrogen-bond donors (Lipinski definition) is 1. The molecule has 0 fully saturated rings. The summed E-state index contributed by atoms with van der Waals surface area (Å²) in [6, 6.07) is 3.31. The molecule has 0 bridgehead atoms. The van der Waals surface area contributed by atoms with Gasteiger partial charge in [0.2, 0.25) is 0 Å². The summed E-state index contributed by atoms with van der Waals surface area (Å²) in [6.07, 6.45) is 0.703. The van der Waals surface area contributed by atoms with Crippen molar-refractivity contribution >= 4 is 27.7 Å². The average molecular weight is 271 g/mol. The van der Waals surface area contributed by atoms with E-state index in [2.05, 4.69) is 15.9 Å². The van der Waals surface area contributed by atoms with Crippen LogP contribution < -0.4 is 4.74 Å². The van der Waals surface area contributed by atoms with Crippen LogP contribution in [0.4, 0.5) is 0 Å². The van der Waals surface area contributed by atoms with Gasteiger partial charge in [0.25, 0.3) is 5.78 Å². The second kappa shape index (κ2) is 3.66. The first-order valence-electron chi connectivity index (χ1n) is 4.32. The number of benzene rings is 1. The molecule has 1 aromatic rings. The SMILES string of the molecule is O=C(O)C(=O)c1cc(Br)cc2c1OCC2. The molecule has 15 heavy (non-hydrogen) atoms. The summed E-state index contributed by atoms with van der Waals surface area (Å²) in [5.41, 5.74) is 0.985. The van der Waals surface area contributed by atoms with Gasteiger partial charge in [-0.2, -0.15) is 0 Å². The quantitative estimate of drug-likeness (QED) is 0.656. The Morgan fingerprint density at radius 1 is 1.40 bits per heavy atom. The minimum absolute atomic E-state index is 0.115. The number of Topliss-reactive ketones (excluding diaryl/α,β-unsaturated/α-hetero) is 1. The van der Waals surface area contributed by atoms with Gasteiger partial charge in [0.1, 0.15) is 5.75 Å². The fraction of sp³-hybridized carbons (Fsp3) is 0.200. The molecule has 0 atom stereocenters. The van der Waals surface area contributed by atoms with Crippen LogP contribution in [0.5, 0.6) is 5.75 Å². The van der Waals surface area contributed by atoms with E-state index in [0.717, 1.165) is 5.56 Å². The average Bonchev–Trinajstić information content (AvgIpc) is 2.62. The van der Waals surface area contributed by atoms with Crippen molar-refractivity contribution in [3.8, 4) is 5.75 Å². The van der Waals surface area contributed by atoms with Gasteiger partial charge in [-0.1, -0.05) is 15.9 Å². The van der Waals surface area contributed by atoms with E-state index in [9.17, 15) is 9.59 Å². The smallest absolute Gasteiger partial charge is 0.377 e. The second-order valence-electron chi connectivity index (χ2n) is 3.17. The molecule has 1 aliphatic heterocycles. The van der Waals surface area contributed by atoms with E-state index in [1.807, 2.05) is 6.07 Å². The fourth-order valence-corrected chi connectivity index (χ4v) is 2.06. The molecule has 0 spiro atoms. The second-order valence-corrected chi connectivity index (χ2v) is 4.09. The standard InChI is InChI=1S/C10H7BrO4/c11-6-3-5-1-2-15-9(5)7(4-6)8(12)10(13)14/h3-4H,1-2H2,(H,13,14). The third-order valence-electron chi connectivity index (χ3n) is 2.19. The Morgan fingerprint density at radius 3 is 2.80 bits per heavy atom. The molecule has 0 saturated heterocycles. The molecule has 1 aliphatic rings. The molecule has 0 unspecified atom stereocenters. The summed E-state index contributed by atoms with van der Waals surface area (Å²) >= 11 is 3.23. The molecule has 0 amide bonds. The fourth-order valence-electron chi connectivity index (χ4n) is 1.55. The van der Waals surface area contributed by atoms with Gasteiger partial charge in [-0.25, -0.2) is 4.79 Å². The Balaban J connectivity index is 2.56. The number of ketones is 1. The molecule has 1 heterocycles. The van der Waals surface area contributed by atoms with E-state index in [4.69, 9.17) is 9.84 Å². The van der Waals surface area contributed by atoms with Crippen molar-refractivity contribution in [3.63, 3.8) is 0 Å². The first-order valence-corrected chi connectivity index (χ1v) is 5.11. The Kier molecular flexibility index (Phi) is 2.48. The molecule has 78 valence electrons. The minimum Gasteiger partial charge on any atom is -0.492 e. The number of halogens is 1. The van der Waals surface area contributed by atoms with Crippen molar-refractivity contribution in [3.05, 3.63) is 27.7 Å². The third-order valence-corrected chi connectivity index (χ3v) is 2.65. The molecule has 5 heteroatoms. The van der Waals surface area contributed by atoms with E-state index >= 15 is 0 Å². The number of fused-ring (bicyclic) bond motifs is 1. The zero-order valence-electron chi connectivity index (χ0n) is 7.62. The van der Waals surface area contributed by atoms with Crippen LogP contribution in [0.1, 0.15) is 15.9 Å². The van der Waals surface area contributed by atoms with Gasteiger partial charge in [-0.3, -0.25) is 4.79 Å². The van der Waals surface area contributed by atoms with Gasteiger partial charge >= 0.3 is 5.97 Å². The van der Waals surface area contributed by atoms with Gasteiger partial charge < -0.3 is 9.84 Å². The normalized spacial score (nSPS) is 13.1. The third kappa shape index (κ3) is 1.74. The number of carbonyl (C=O) groups excluding carboxylic acids is 1. The maximum absolute atomic E-state index is 11.4. The first kappa shape index (κ1) is 10.2. The van der Waals surface area contributed by atoms with Crippen molar-refractivity contribution in [2.45, 2.75) is 6.42 Å². The highest BCUT2D eigenvalue weighted by molar-refractivity contribution is 9.10. The zero-order valence-corrected chi connectivity index (χ0v) is 9.20. The summed E-state index contributed by atoms with van der Waals surface area (Å²) in [5, 5.41) is 8.64. The summed E-state index contributed by atoms with van der Waals surface area (Å²) < 4.78 is 5.94. The monoisotopic (exact) mass is 270 g/mol. The van der Waals surface area contributed by atoms with Crippen molar-refractivity contribution < 1.29 is 19.4 Å². The first-order chi connectivity index (χ1) is 7.09. The van der Waals surface area contributed by atoms with Gasteiger partial charge in [0.15, 0.2) is 0 Å². The number of ether oxygens (including phenoxy) is 1. The van der Waals surface area contributed by atoms with Crippen LogP contribution in [0.25, 0.3) is 0 Å². The van der Waals surface area contributed by atoms with E-state index in [-0.39, 0.29) is 5.56 Å². The lowest BCUT2D eigenvalue weighted by Gasteiger charge is -2.05. The van der Waals surface area contributed by atoms with Crippen molar-refractivity contribution in [2.75, 3.05) is 6.61 Å². The topological polar surface area (TPSA) is 63.6 Å². The molecule has 1 aromatic carbocycles. The Morgan fingerprint density at radius 2 is 2.13 bits per heavy atom. The lowest BCUT2D eigenvalue weighted by Crippen LogP contribution is -2.13. The number of carboxylic acid groups (broad SMARTS) is 1. The highest BCUT2D eigenvalue weighted by Gasteiger charge is 2.25. The summed E-state index contributed by atoms with van der Waals surface area (Å²) in [7, 11) is 0. The Hall–Kier alpha value is -1.36. The van der Waals surface area contributed by atoms with Crippen LogP contribution in [0.2, 0.25) is 0 Å². The van der Waals surface area contributed by atoms with Crippen LogP contribution in [-0.4, -0.2) is 23.5 Å². The van der Waals surface area contributed by atoms with E-state index in [1.165, 1.54) is 6.07 Å². The van der Waals surface area contributed by atoms with Gasteiger partial charge in [-0.05, 0) is 17.7 Å². The number of carbonyl (C=O) groups is 2. The molecular formula is C10H7BrO4. The number of hydrogen-bond acceptors (Lipinski definition) is 3. The molecule has 0 aromatic heterocycles. The van der Waals surface area contributed by atoms with Crippen LogP contribution in [0.15, 0.2) is 16.6 Å². The Labute approximate surface area is 94.0 Å². The number of rotatable bonds is 2. The summed E-state index contributed by atoms with van der Waals surface area (Å²) in [5.74, 6) is -1.99. The molecule has 0 radical (unpaired) electrons.